The number of rotatable bonds is 8. The zero-order valence-corrected chi connectivity index (χ0v) is 33.9. The Labute approximate surface area is 310 Å². The van der Waals surface area contributed by atoms with Gasteiger partial charge in [-0.2, -0.15) is 0 Å². The van der Waals surface area contributed by atoms with E-state index in [0.717, 1.165) is 0 Å². The Bertz CT molecular complexity index is 1190. The molecule has 0 bridgehead atoms. The lowest BCUT2D eigenvalue weighted by molar-refractivity contribution is -0.319. The quantitative estimate of drug-likeness (QED) is 0.266. The van der Waals surface area contributed by atoms with Crippen LogP contribution in [0.15, 0.2) is 0 Å². The van der Waals surface area contributed by atoms with Crippen LogP contribution in [-0.4, -0.2) is 150 Å². The number of carbonyl (C=O) groups is 2. The molecule has 3 fully saturated rings. The molecule has 3 unspecified atom stereocenters. The number of Topliss-reactive ketones (excluding diaryl/α,β-unsaturated/α-hetero) is 1. The molecule has 304 valence electrons. The molecule has 3 heterocycles. The van der Waals surface area contributed by atoms with Crippen LogP contribution in [0.1, 0.15) is 94.9 Å². The summed E-state index contributed by atoms with van der Waals surface area (Å²) < 4.78 is 43.9. The fraction of sp³-hybridized carbons (Fsp3) is 0.947. The van der Waals surface area contributed by atoms with Gasteiger partial charge >= 0.3 is 5.97 Å². The molecule has 52 heavy (non-hydrogen) atoms. The van der Waals surface area contributed by atoms with Gasteiger partial charge in [0.15, 0.2) is 12.6 Å². The van der Waals surface area contributed by atoms with E-state index in [4.69, 9.17) is 33.2 Å². The molecule has 0 aromatic carbocycles. The van der Waals surface area contributed by atoms with Gasteiger partial charge in [-0.1, -0.05) is 27.7 Å². The lowest BCUT2D eigenvalue weighted by atomic mass is 9.74. The largest absolute Gasteiger partial charge is 0.459 e. The molecule has 3 aliphatic rings. The minimum absolute atomic E-state index is 0.111. The summed E-state index contributed by atoms with van der Waals surface area (Å²) in [7, 11) is 6.77. The Balaban J connectivity index is 2.22. The fourth-order valence-electron chi connectivity index (χ4n) is 8.58. The van der Waals surface area contributed by atoms with Crippen LogP contribution in [0.5, 0.6) is 0 Å². The SMILES string of the molecule is CC[C@H]1OC(=O)[C@H](C)[C@@H](O[C@H]2C[C@](C)(OC)[C@@H](O)C(C)O2)[C@H](C)[C@@H](O[C@@H]2OC(C)C[C@H](N(C)C)C2O)[C@](C)(OC)C[C@@H](C)C(=O)[C@H](C)[C@@H](O)[C@]1(C)O. The van der Waals surface area contributed by atoms with Crippen LogP contribution in [0.4, 0.5) is 0 Å². The number of hydrogen-bond donors (Lipinski definition) is 4. The van der Waals surface area contributed by atoms with Crippen molar-refractivity contribution >= 4 is 11.8 Å². The number of carbonyl (C=O) groups excluding carboxylic acids is 2. The molecule has 14 nitrogen and oxygen atoms in total. The van der Waals surface area contributed by atoms with Gasteiger partial charge in [0, 0.05) is 44.4 Å². The molecule has 14 heteroatoms. The molecule has 3 rings (SSSR count). The van der Waals surface area contributed by atoms with Crippen LogP contribution in [-0.2, 0) is 42.7 Å². The molecule has 4 N–H and O–H groups in total. The van der Waals surface area contributed by atoms with E-state index in [-0.39, 0.29) is 37.2 Å². The summed E-state index contributed by atoms with van der Waals surface area (Å²) in [5.74, 6) is -4.47. The van der Waals surface area contributed by atoms with E-state index in [0.29, 0.717) is 6.42 Å². The molecule has 0 aromatic heterocycles. The Kier molecular flexibility index (Phi) is 15.3. The van der Waals surface area contributed by atoms with Crippen molar-refractivity contribution in [2.75, 3.05) is 28.3 Å². The van der Waals surface area contributed by atoms with E-state index in [1.54, 1.807) is 48.5 Å². The second-order valence-electron chi connectivity index (χ2n) is 16.6. The van der Waals surface area contributed by atoms with Gasteiger partial charge in [0.25, 0.3) is 0 Å². The third-order valence-corrected chi connectivity index (χ3v) is 12.3. The molecule has 3 saturated heterocycles. The van der Waals surface area contributed by atoms with Gasteiger partial charge in [0.05, 0.1) is 47.6 Å². The number of methoxy groups -OCH3 is 2. The number of likely N-dealkylation sites (N-methyl/N-ethyl adjacent to an activating group) is 1. The third kappa shape index (κ3) is 9.38. The number of esters is 1. The average molecular weight is 748 g/mol. The van der Waals surface area contributed by atoms with Crippen molar-refractivity contribution in [2.24, 2.45) is 23.7 Å². The first-order valence-corrected chi connectivity index (χ1v) is 18.9. The highest BCUT2D eigenvalue weighted by Crippen LogP contribution is 2.41. The molecule has 0 amide bonds. The van der Waals surface area contributed by atoms with Crippen molar-refractivity contribution in [1.29, 1.82) is 0 Å². The molecular formula is C38H69NO13. The van der Waals surface area contributed by atoms with Gasteiger partial charge in [-0.05, 0) is 74.9 Å². The predicted octanol–water partition coefficient (Wildman–Crippen LogP) is 2.44. The summed E-state index contributed by atoms with van der Waals surface area (Å²) >= 11 is 0. The molecule has 0 radical (unpaired) electrons. The summed E-state index contributed by atoms with van der Waals surface area (Å²) in [4.78, 5) is 30.1. The fourth-order valence-corrected chi connectivity index (χ4v) is 8.58. The molecule has 0 aliphatic carbocycles. The van der Waals surface area contributed by atoms with Gasteiger partial charge < -0.3 is 58.5 Å². The van der Waals surface area contributed by atoms with Gasteiger partial charge in [-0.25, -0.2) is 0 Å². The van der Waals surface area contributed by atoms with Crippen molar-refractivity contribution in [1.82, 2.24) is 4.90 Å². The maximum absolute atomic E-state index is 14.2. The Hall–Kier alpha value is -1.30. The van der Waals surface area contributed by atoms with Gasteiger partial charge in [0.1, 0.15) is 29.7 Å². The molecule has 18 atom stereocenters. The van der Waals surface area contributed by atoms with Crippen molar-refractivity contribution < 1.29 is 63.2 Å². The first-order valence-electron chi connectivity index (χ1n) is 18.9. The molecule has 0 saturated carbocycles. The van der Waals surface area contributed by atoms with Gasteiger partial charge in [-0.15, -0.1) is 0 Å². The molecule has 0 aromatic rings. The summed E-state index contributed by atoms with van der Waals surface area (Å²) in [6, 6.07) is -0.283. The highest BCUT2D eigenvalue weighted by Gasteiger charge is 2.54. The Morgan fingerprint density at radius 1 is 0.846 bits per heavy atom. The number of aliphatic hydroxyl groups is 4. The van der Waals surface area contributed by atoms with Gasteiger partial charge in [-0.3, -0.25) is 9.59 Å². The Morgan fingerprint density at radius 3 is 1.98 bits per heavy atom. The topological polar surface area (TPSA) is 183 Å². The van der Waals surface area contributed by atoms with Crippen LogP contribution >= 0.6 is 0 Å². The summed E-state index contributed by atoms with van der Waals surface area (Å²) in [6.07, 6.45) is -8.73. The maximum atomic E-state index is 14.2. The first-order chi connectivity index (χ1) is 24.0. The predicted molar refractivity (Wildman–Crippen MR) is 191 cm³/mol. The van der Waals surface area contributed by atoms with Crippen molar-refractivity contribution in [3.63, 3.8) is 0 Å². The number of nitrogens with zero attached hydrogens (tertiary/aromatic N) is 1. The van der Waals surface area contributed by atoms with Crippen molar-refractivity contribution in [3.8, 4) is 0 Å². The molecule has 3 aliphatic heterocycles. The van der Waals surface area contributed by atoms with Crippen LogP contribution < -0.4 is 0 Å². The maximum Gasteiger partial charge on any atom is 0.311 e. The van der Waals surface area contributed by atoms with E-state index >= 15 is 0 Å². The zero-order chi connectivity index (χ0) is 39.7. The molecule has 0 spiro atoms. The minimum atomic E-state index is -1.96. The van der Waals surface area contributed by atoms with E-state index < -0.39 is 102 Å². The van der Waals surface area contributed by atoms with Crippen LogP contribution in [0, 0.1) is 23.7 Å². The van der Waals surface area contributed by atoms with E-state index in [1.807, 2.05) is 32.8 Å². The van der Waals surface area contributed by atoms with E-state index in [2.05, 4.69) is 0 Å². The Morgan fingerprint density at radius 2 is 1.44 bits per heavy atom. The third-order valence-electron chi connectivity index (χ3n) is 12.3. The first kappa shape index (κ1) is 45.1. The second-order valence-corrected chi connectivity index (χ2v) is 16.6. The lowest BCUT2D eigenvalue weighted by Gasteiger charge is -2.50. The second kappa shape index (κ2) is 17.7. The monoisotopic (exact) mass is 747 g/mol. The highest BCUT2D eigenvalue weighted by molar-refractivity contribution is 5.83. The standard InChI is InChI=1S/C38H69NO13/c1-15-26-38(10,45)31(42)21(4)28(40)19(2)17-37(9,47-14)33(52-35-29(41)25(39(11)12)16-20(3)48-35)22(5)30(23(6)34(44)50-26)51-27-18-36(8,46-13)32(43)24(7)49-27/h19-27,29-33,35,41-43,45H,15-18H2,1-14H3/t19-,20?,21+,22+,23-,24?,25+,26-,27+,29?,30+,31-,32+,33-,35+,36+,37-,38-/m1/s1. The summed E-state index contributed by atoms with van der Waals surface area (Å²) in [5.41, 5.74) is -4.24. The van der Waals surface area contributed by atoms with Crippen LogP contribution in [0.3, 0.4) is 0 Å². The van der Waals surface area contributed by atoms with E-state index in [1.165, 1.54) is 21.1 Å². The lowest BCUT2D eigenvalue weighted by Crippen LogP contribution is -2.61. The zero-order valence-electron chi connectivity index (χ0n) is 33.9. The van der Waals surface area contributed by atoms with Crippen molar-refractivity contribution in [3.05, 3.63) is 0 Å². The number of ether oxygens (including phenoxy) is 7. The number of hydrogen-bond acceptors (Lipinski definition) is 14. The van der Waals surface area contributed by atoms with E-state index in [9.17, 15) is 30.0 Å². The highest BCUT2D eigenvalue weighted by atomic mass is 16.7. The minimum Gasteiger partial charge on any atom is -0.459 e. The average Bonchev–Trinajstić information content (AvgIpc) is 3.09. The number of cyclic esters (lactones) is 1. The van der Waals surface area contributed by atoms with Crippen LogP contribution in [0.25, 0.3) is 0 Å². The molecular weight excluding hydrogens is 678 g/mol. The summed E-state index contributed by atoms with van der Waals surface area (Å²) in [5, 5.41) is 45.6. The summed E-state index contributed by atoms with van der Waals surface area (Å²) in [6.45, 7) is 17.1. The normalized spacial score (nSPS) is 49.0. The number of aliphatic hydroxyl groups excluding tert-OH is 3. The van der Waals surface area contributed by atoms with Crippen molar-refractivity contribution in [2.45, 2.75) is 179 Å². The van der Waals surface area contributed by atoms with Gasteiger partial charge in [0.2, 0.25) is 0 Å². The smallest absolute Gasteiger partial charge is 0.311 e. The number of ketones is 1. The van der Waals surface area contributed by atoms with Crippen LogP contribution in [0.2, 0.25) is 0 Å².